The van der Waals surface area contributed by atoms with Gasteiger partial charge in [-0.1, -0.05) is 0 Å². The quantitative estimate of drug-likeness (QED) is 0.826. The molecule has 1 aliphatic rings. The van der Waals surface area contributed by atoms with Gasteiger partial charge in [-0.2, -0.15) is 0 Å². The maximum atomic E-state index is 11.9. The van der Waals surface area contributed by atoms with E-state index in [1.54, 1.807) is 0 Å². The topological polar surface area (TPSA) is 92.7 Å². The molecule has 0 bridgehead atoms. The summed E-state index contributed by atoms with van der Waals surface area (Å²) in [6, 6.07) is 2.60. The summed E-state index contributed by atoms with van der Waals surface area (Å²) >= 11 is 0.749. The maximum Gasteiger partial charge on any atom is 0.345 e. The van der Waals surface area contributed by atoms with Crippen LogP contribution in [-0.2, 0) is 14.8 Å². The van der Waals surface area contributed by atoms with Crippen LogP contribution in [0.25, 0.3) is 0 Å². The van der Waals surface area contributed by atoms with Crippen molar-refractivity contribution in [3.05, 3.63) is 17.0 Å². The summed E-state index contributed by atoms with van der Waals surface area (Å²) in [5.74, 6) is -1.12. The normalized spacial score (nSPS) is 19.7. The highest BCUT2D eigenvalue weighted by Crippen LogP contribution is 2.21. The minimum absolute atomic E-state index is 0.0134. The van der Waals surface area contributed by atoms with Crippen LogP contribution in [0.2, 0.25) is 0 Å². The molecule has 0 amide bonds. The van der Waals surface area contributed by atoms with Gasteiger partial charge in [0.05, 0.1) is 6.10 Å². The number of carbonyl (C=O) groups is 1. The average molecular weight is 305 g/mol. The summed E-state index contributed by atoms with van der Waals surface area (Å²) < 4.78 is 31.7. The van der Waals surface area contributed by atoms with Gasteiger partial charge < -0.3 is 9.84 Å². The molecule has 0 radical (unpaired) electrons. The van der Waals surface area contributed by atoms with Crippen molar-refractivity contribution in [3.63, 3.8) is 0 Å². The third-order valence-electron chi connectivity index (χ3n) is 2.84. The largest absolute Gasteiger partial charge is 0.477 e. The first-order valence-corrected chi connectivity index (χ1v) is 8.23. The van der Waals surface area contributed by atoms with Crippen LogP contribution in [0.1, 0.15) is 28.9 Å². The summed E-state index contributed by atoms with van der Waals surface area (Å²) in [6.45, 7) is 1.04. The van der Waals surface area contributed by atoms with E-state index < -0.39 is 16.0 Å². The monoisotopic (exact) mass is 305 g/mol. The first-order chi connectivity index (χ1) is 8.99. The Bertz CT molecular complexity index is 545. The highest BCUT2D eigenvalue weighted by atomic mass is 32.2. The molecule has 8 heteroatoms. The van der Waals surface area contributed by atoms with Crippen LogP contribution in [0.4, 0.5) is 0 Å². The minimum atomic E-state index is -3.62. The zero-order chi connectivity index (χ0) is 13.9. The average Bonchev–Trinajstić information content (AvgIpc) is 2.99. The van der Waals surface area contributed by atoms with Gasteiger partial charge in [0, 0.05) is 13.2 Å². The summed E-state index contributed by atoms with van der Waals surface area (Å²) in [5, 5.41) is 8.76. The Morgan fingerprint density at radius 3 is 2.89 bits per heavy atom. The first kappa shape index (κ1) is 14.4. The molecule has 1 aliphatic heterocycles. The number of carboxylic acid groups (broad SMARTS) is 1. The fourth-order valence-corrected chi connectivity index (χ4v) is 4.11. The van der Waals surface area contributed by atoms with E-state index in [0.717, 1.165) is 30.8 Å². The van der Waals surface area contributed by atoms with Gasteiger partial charge in [-0.25, -0.2) is 17.9 Å². The van der Waals surface area contributed by atoms with Gasteiger partial charge in [0.2, 0.25) is 10.0 Å². The van der Waals surface area contributed by atoms with E-state index in [1.807, 2.05) is 0 Å². The van der Waals surface area contributed by atoms with Crippen molar-refractivity contribution in [2.24, 2.45) is 0 Å². The molecule has 1 unspecified atom stereocenters. The van der Waals surface area contributed by atoms with Crippen molar-refractivity contribution >= 4 is 27.3 Å². The highest BCUT2D eigenvalue weighted by Gasteiger charge is 2.20. The Morgan fingerprint density at radius 1 is 1.53 bits per heavy atom. The number of aromatic carboxylic acids is 1. The lowest BCUT2D eigenvalue weighted by Gasteiger charge is -2.09. The van der Waals surface area contributed by atoms with Crippen LogP contribution in [0.5, 0.6) is 0 Å². The van der Waals surface area contributed by atoms with Crippen molar-refractivity contribution in [1.82, 2.24) is 4.72 Å². The number of thiophene rings is 1. The molecule has 0 aromatic carbocycles. The van der Waals surface area contributed by atoms with Crippen molar-refractivity contribution in [3.8, 4) is 0 Å². The molecule has 1 atom stereocenters. The van der Waals surface area contributed by atoms with Gasteiger partial charge in [-0.05, 0) is 31.4 Å². The third-order valence-corrected chi connectivity index (χ3v) is 5.87. The number of nitrogens with one attached hydrogen (secondary N) is 1. The van der Waals surface area contributed by atoms with Crippen molar-refractivity contribution in [1.29, 1.82) is 0 Å². The second kappa shape index (κ2) is 6.00. The zero-order valence-electron chi connectivity index (χ0n) is 10.2. The molecule has 2 N–H and O–H groups in total. The molecule has 2 heterocycles. The van der Waals surface area contributed by atoms with Crippen LogP contribution in [-0.4, -0.2) is 38.7 Å². The van der Waals surface area contributed by atoms with E-state index >= 15 is 0 Å². The fourth-order valence-electron chi connectivity index (χ4n) is 1.88. The van der Waals surface area contributed by atoms with Crippen LogP contribution in [0.3, 0.4) is 0 Å². The number of sulfonamides is 1. The Kier molecular flexibility index (Phi) is 4.56. The molecule has 1 aromatic heterocycles. The number of carboxylic acids is 1. The molecule has 6 nitrogen and oxygen atoms in total. The van der Waals surface area contributed by atoms with Crippen molar-refractivity contribution in [2.75, 3.05) is 13.2 Å². The van der Waals surface area contributed by atoms with E-state index in [2.05, 4.69) is 4.72 Å². The smallest absolute Gasteiger partial charge is 0.345 e. The molecule has 106 valence electrons. The van der Waals surface area contributed by atoms with E-state index in [-0.39, 0.29) is 15.2 Å². The third kappa shape index (κ3) is 3.75. The van der Waals surface area contributed by atoms with Crippen molar-refractivity contribution < 1.29 is 23.1 Å². The molecule has 1 fully saturated rings. The predicted octanol–water partition coefficient (Wildman–Crippen LogP) is 1.29. The number of hydrogen-bond donors (Lipinski definition) is 2. The zero-order valence-corrected chi connectivity index (χ0v) is 11.8. The van der Waals surface area contributed by atoms with E-state index in [0.29, 0.717) is 13.0 Å². The SMILES string of the molecule is O=C(O)c1ccc(S(=O)(=O)NCCC2CCCO2)s1. The molecule has 19 heavy (non-hydrogen) atoms. The molecule has 0 saturated carbocycles. The molecule has 0 aliphatic carbocycles. The van der Waals surface area contributed by atoms with Gasteiger partial charge >= 0.3 is 5.97 Å². The number of hydrogen-bond acceptors (Lipinski definition) is 5. The standard InChI is InChI=1S/C11H15NO5S2/c13-11(14)9-3-4-10(18-9)19(15,16)12-6-5-8-2-1-7-17-8/h3-4,8,12H,1-2,5-7H2,(H,13,14). The van der Waals surface area contributed by atoms with Gasteiger partial charge in [0.1, 0.15) is 9.09 Å². The first-order valence-electron chi connectivity index (χ1n) is 5.93. The molecule has 0 spiro atoms. The van der Waals surface area contributed by atoms with Gasteiger partial charge in [0.25, 0.3) is 0 Å². The lowest BCUT2D eigenvalue weighted by molar-refractivity contribution is 0.0702. The Hall–Kier alpha value is -0.960. The lowest BCUT2D eigenvalue weighted by Crippen LogP contribution is -2.26. The Labute approximate surface area is 115 Å². The Balaban J connectivity index is 1.91. The summed E-state index contributed by atoms with van der Waals surface area (Å²) in [6.07, 6.45) is 2.74. The second-order valence-electron chi connectivity index (χ2n) is 4.25. The van der Waals surface area contributed by atoms with Crippen molar-refractivity contribution in [2.45, 2.75) is 29.6 Å². The van der Waals surface area contributed by atoms with Crippen LogP contribution >= 0.6 is 11.3 Å². The van der Waals surface area contributed by atoms with Gasteiger partial charge in [-0.3, -0.25) is 0 Å². The highest BCUT2D eigenvalue weighted by molar-refractivity contribution is 7.91. The molecular formula is C11H15NO5S2. The summed E-state index contributed by atoms with van der Waals surface area (Å²) in [7, 11) is -3.62. The summed E-state index contributed by atoms with van der Waals surface area (Å²) in [4.78, 5) is 10.7. The van der Waals surface area contributed by atoms with Crippen LogP contribution in [0.15, 0.2) is 16.3 Å². The predicted molar refractivity (Wildman–Crippen MR) is 70.1 cm³/mol. The van der Waals surface area contributed by atoms with Crippen LogP contribution in [0, 0.1) is 0 Å². The Morgan fingerprint density at radius 2 is 2.32 bits per heavy atom. The molecular weight excluding hydrogens is 290 g/mol. The lowest BCUT2D eigenvalue weighted by atomic mass is 10.2. The van der Waals surface area contributed by atoms with Gasteiger partial charge in [0.15, 0.2) is 0 Å². The van der Waals surface area contributed by atoms with Gasteiger partial charge in [-0.15, -0.1) is 11.3 Å². The van der Waals surface area contributed by atoms with E-state index in [9.17, 15) is 13.2 Å². The molecule has 1 aromatic rings. The maximum absolute atomic E-state index is 11.9. The minimum Gasteiger partial charge on any atom is -0.477 e. The fraction of sp³-hybridized carbons (Fsp3) is 0.545. The number of ether oxygens (including phenoxy) is 1. The summed E-state index contributed by atoms with van der Waals surface area (Å²) in [5.41, 5.74) is 0. The van der Waals surface area contributed by atoms with E-state index in [1.165, 1.54) is 12.1 Å². The number of rotatable bonds is 6. The van der Waals surface area contributed by atoms with Crippen LogP contribution < -0.4 is 4.72 Å². The molecule has 1 saturated heterocycles. The molecule has 2 rings (SSSR count). The second-order valence-corrected chi connectivity index (χ2v) is 7.32. The van der Waals surface area contributed by atoms with E-state index in [4.69, 9.17) is 9.84 Å².